The molecule has 0 bridgehead atoms. The molecule has 0 unspecified atom stereocenters. The molecule has 1 aliphatic carbocycles. The maximum absolute atomic E-state index is 13.7. The Bertz CT molecular complexity index is 853. The second kappa shape index (κ2) is 20.0. The van der Waals surface area contributed by atoms with Gasteiger partial charge in [-0.2, -0.15) is 0 Å². The average molecular weight is 610 g/mol. The van der Waals surface area contributed by atoms with Gasteiger partial charge in [-0.05, 0) is 55.9 Å². The van der Waals surface area contributed by atoms with Gasteiger partial charge in [0.25, 0.3) is 0 Å². The van der Waals surface area contributed by atoms with Gasteiger partial charge in [-0.15, -0.1) is 0 Å². The highest BCUT2D eigenvalue weighted by molar-refractivity contribution is 5.92. The summed E-state index contributed by atoms with van der Waals surface area (Å²) in [5, 5.41) is 23.0. The van der Waals surface area contributed by atoms with E-state index in [4.69, 9.17) is 5.73 Å². The van der Waals surface area contributed by atoms with E-state index in [9.17, 15) is 24.3 Å². The molecule has 1 saturated carbocycles. The minimum Gasteiger partial charge on any atom is -0.391 e. The Morgan fingerprint density at radius 2 is 1.56 bits per heavy atom. The highest BCUT2D eigenvalue weighted by atomic mass is 16.3. The molecule has 0 saturated heterocycles. The van der Waals surface area contributed by atoms with Crippen LogP contribution in [-0.2, 0) is 19.2 Å². The number of nitrogens with two attached hydrogens (primary N) is 1. The van der Waals surface area contributed by atoms with E-state index in [0.29, 0.717) is 38.3 Å². The number of amides is 4. The third-order valence-corrected chi connectivity index (χ3v) is 8.26. The highest BCUT2D eigenvalue weighted by Gasteiger charge is 2.34. The zero-order valence-electron chi connectivity index (χ0n) is 28.1. The molecule has 0 aromatic heterocycles. The molecule has 0 aromatic carbocycles. The lowest BCUT2D eigenvalue weighted by Gasteiger charge is -2.33. The van der Waals surface area contributed by atoms with Crippen molar-refractivity contribution in [3.63, 3.8) is 0 Å². The second-order valence-corrected chi connectivity index (χ2v) is 14.2. The first-order valence-corrected chi connectivity index (χ1v) is 16.7. The van der Waals surface area contributed by atoms with Crippen LogP contribution in [0.5, 0.6) is 0 Å². The number of unbranched alkanes of at least 4 members (excludes halogenated alkanes) is 1. The molecule has 0 spiro atoms. The third kappa shape index (κ3) is 15.9. The molecular weight excluding hydrogens is 546 g/mol. The predicted octanol–water partition coefficient (Wildman–Crippen LogP) is 3.55. The number of carbonyl (C=O) groups is 4. The van der Waals surface area contributed by atoms with Gasteiger partial charge in [0.05, 0.1) is 12.1 Å². The van der Waals surface area contributed by atoms with E-state index in [0.717, 1.165) is 38.5 Å². The van der Waals surface area contributed by atoms with Crippen molar-refractivity contribution < 1.29 is 24.3 Å². The van der Waals surface area contributed by atoms with Gasteiger partial charge in [-0.1, -0.05) is 87.0 Å². The van der Waals surface area contributed by atoms with Gasteiger partial charge in [0.2, 0.25) is 23.6 Å². The van der Waals surface area contributed by atoms with Crippen molar-refractivity contribution in [2.24, 2.45) is 28.9 Å². The van der Waals surface area contributed by atoms with Gasteiger partial charge in [-0.3, -0.25) is 19.2 Å². The number of hydrogen-bond acceptors (Lipinski definition) is 6. The van der Waals surface area contributed by atoms with E-state index < -0.39 is 36.1 Å². The standard InChI is InChI=1S/C33H63N5O5/c1-8-9-18-35-30(41)23(4)19-27(39)26(20-24-14-11-10-12-15-24)37-32(43)29(22(2)3)38-31(42)25(16-13-17-34)36-28(40)21-33(5,6)7/h22-27,29,39H,8-21,34H2,1-7H3,(H,35,41)(H,36,40)(H,37,43)(H,38,42)/t23-,25+,26+,27+,29+/m1/s1. The summed E-state index contributed by atoms with van der Waals surface area (Å²) in [5.41, 5.74) is 5.46. The van der Waals surface area contributed by atoms with Crippen LogP contribution in [0.15, 0.2) is 0 Å². The van der Waals surface area contributed by atoms with E-state index in [2.05, 4.69) is 28.2 Å². The lowest BCUT2D eigenvalue weighted by atomic mass is 9.82. The van der Waals surface area contributed by atoms with Crippen LogP contribution in [0.25, 0.3) is 0 Å². The monoisotopic (exact) mass is 609 g/mol. The molecule has 1 rings (SSSR count). The summed E-state index contributed by atoms with van der Waals surface area (Å²) in [4.78, 5) is 52.3. The molecular formula is C33H63N5O5. The normalized spacial score (nSPS) is 17.8. The molecule has 250 valence electrons. The Morgan fingerprint density at radius 3 is 2.12 bits per heavy atom. The number of aliphatic hydroxyl groups excluding tert-OH is 1. The number of aliphatic hydroxyl groups is 1. The number of nitrogens with one attached hydrogen (secondary N) is 4. The maximum Gasteiger partial charge on any atom is 0.243 e. The lowest BCUT2D eigenvalue weighted by Crippen LogP contribution is -2.58. The molecule has 10 nitrogen and oxygen atoms in total. The Hall–Kier alpha value is -2.20. The SMILES string of the molecule is CCCCNC(=O)[C@H](C)C[C@H](O)[C@H](CC1CCCCC1)NC(=O)[C@@H](NC(=O)[C@H](CCCN)NC(=O)CC(C)(C)C)C(C)C. The molecule has 0 radical (unpaired) electrons. The summed E-state index contributed by atoms with van der Waals surface area (Å²) in [6, 6.07) is -2.20. The van der Waals surface area contributed by atoms with Crippen LogP contribution in [-0.4, -0.2) is 66.1 Å². The van der Waals surface area contributed by atoms with Crippen molar-refractivity contribution in [2.45, 2.75) is 150 Å². The third-order valence-electron chi connectivity index (χ3n) is 8.26. The van der Waals surface area contributed by atoms with Crippen LogP contribution in [0.1, 0.15) is 126 Å². The quantitative estimate of drug-likeness (QED) is 0.123. The summed E-state index contributed by atoms with van der Waals surface area (Å²) in [6.07, 6.45) is 8.57. The molecule has 1 aliphatic rings. The van der Waals surface area contributed by atoms with E-state index in [-0.39, 0.29) is 41.9 Å². The van der Waals surface area contributed by atoms with Crippen LogP contribution < -0.4 is 27.0 Å². The van der Waals surface area contributed by atoms with Crippen LogP contribution in [0.4, 0.5) is 0 Å². The minimum atomic E-state index is -0.907. The average Bonchev–Trinajstić information content (AvgIpc) is 2.92. The fraction of sp³-hybridized carbons (Fsp3) is 0.879. The fourth-order valence-corrected chi connectivity index (χ4v) is 5.67. The van der Waals surface area contributed by atoms with E-state index >= 15 is 0 Å². The fourth-order valence-electron chi connectivity index (χ4n) is 5.67. The molecule has 7 N–H and O–H groups in total. The summed E-state index contributed by atoms with van der Waals surface area (Å²) in [7, 11) is 0. The molecule has 4 amide bonds. The Morgan fingerprint density at radius 1 is 0.907 bits per heavy atom. The van der Waals surface area contributed by atoms with Crippen LogP contribution in [0, 0.1) is 23.2 Å². The molecule has 10 heteroatoms. The molecule has 0 heterocycles. The Balaban J connectivity index is 3.03. The van der Waals surface area contributed by atoms with Gasteiger partial charge in [0.1, 0.15) is 12.1 Å². The van der Waals surface area contributed by atoms with Crippen molar-refractivity contribution in [3.8, 4) is 0 Å². The molecule has 5 atom stereocenters. The first-order valence-electron chi connectivity index (χ1n) is 16.7. The van der Waals surface area contributed by atoms with Gasteiger partial charge in [0.15, 0.2) is 0 Å². The topological polar surface area (TPSA) is 163 Å². The van der Waals surface area contributed by atoms with Crippen LogP contribution >= 0.6 is 0 Å². The van der Waals surface area contributed by atoms with Crippen molar-refractivity contribution in [1.29, 1.82) is 0 Å². The van der Waals surface area contributed by atoms with Crippen molar-refractivity contribution in [1.82, 2.24) is 21.3 Å². The maximum atomic E-state index is 13.7. The predicted molar refractivity (Wildman–Crippen MR) is 172 cm³/mol. The number of carbonyl (C=O) groups excluding carboxylic acids is 4. The molecule has 0 aliphatic heterocycles. The van der Waals surface area contributed by atoms with Gasteiger partial charge in [-0.25, -0.2) is 0 Å². The van der Waals surface area contributed by atoms with Crippen molar-refractivity contribution in [3.05, 3.63) is 0 Å². The Kier molecular flexibility index (Phi) is 18.0. The van der Waals surface area contributed by atoms with E-state index in [1.807, 2.05) is 34.6 Å². The first-order chi connectivity index (χ1) is 20.2. The highest BCUT2D eigenvalue weighted by Crippen LogP contribution is 2.29. The second-order valence-electron chi connectivity index (χ2n) is 14.2. The van der Waals surface area contributed by atoms with Crippen molar-refractivity contribution >= 4 is 23.6 Å². The van der Waals surface area contributed by atoms with Crippen LogP contribution in [0.2, 0.25) is 0 Å². The molecule has 1 fully saturated rings. The molecule has 0 aromatic rings. The summed E-state index contributed by atoms with van der Waals surface area (Å²) >= 11 is 0. The summed E-state index contributed by atoms with van der Waals surface area (Å²) < 4.78 is 0. The number of hydrogen-bond donors (Lipinski definition) is 6. The van der Waals surface area contributed by atoms with Gasteiger partial charge >= 0.3 is 0 Å². The minimum absolute atomic E-state index is 0.0976. The Labute approximate surface area is 260 Å². The lowest BCUT2D eigenvalue weighted by molar-refractivity contribution is -0.134. The largest absolute Gasteiger partial charge is 0.391 e. The molecule has 43 heavy (non-hydrogen) atoms. The van der Waals surface area contributed by atoms with Gasteiger partial charge in [0, 0.05) is 18.9 Å². The zero-order chi connectivity index (χ0) is 32.6. The van der Waals surface area contributed by atoms with Crippen LogP contribution in [0.3, 0.4) is 0 Å². The number of rotatable bonds is 19. The van der Waals surface area contributed by atoms with E-state index in [1.54, 1.807) is 6.92 Å². The zero-order valence-corrected chi connectivity index (χ0v) is 28.1. The first kappa shape index (κ1) is 38.8. The summed E-state index contributed by atoms with van der Waals surface area (Å²) in [5.74, 6) is -1.38. The van der Waals surface area contributed by atoms with Gasteiger partial charge < -0.3 is 32.1 Å². The van der Waals surface area contributed by atoms with E-state index in [1.165, 1.54) is 6.42 Å². The van der Waals surface area contributed by atoms with Crippen molar-refractivity contribution in [2.75, 3.05) is 13.1 Å². The summed E-state index contributed by atoms with van der Waals surface area (Å²) in [6.45, 7) is 14.4. The smallest absolute Gasteiger partial charge is 0.243 e.